The molecular weight excluding hydrogens is 78.0 g/mol. The van der Waals surface area contributed by atoms with E-state index in [9.17, 15) is 0 Å². The second-order valence-electron chi connectivity index (χ2n) is 1.73. The standard InChI is InChI=1S/C4H9NO/c5-4-1-2-6-3-4/h4H,1-3,5H2/p+1/t4-/m0/s1. The van der Waals surface area contributed by atoms with E-state index in [1.54, 1.807) is 0 Å². The first-order valence-corrected chi connectivity index (χ1v) is 2.30. The monoisotopic (exact) mass is 88.1 g/mol. The van der Waals surface area contributed by atoms with Gasteiger partial charge >= 0.3 is 0 Å². The first-order chi connectivity index (χ1) is 2.89. The van der Waals surface area contributed by atoms with E-state index in [0.717, 1.165) is 19.6 Å². The minimum Gasteiger partial charge on any atom is -0.375 e. The van der Waals surface area contributed by atoms with Crippen molar-refractivity contribution in [3.8, 4) is 0 Å². The zero-order valence-electron chi connectivity index (χ0n) is 3.81. The molecule has 0 spiro atoms. The molecule has 0 saturated carbocycles. The van der Waals surface area contributed by atoms with Crippen LogP contribution in [0.15, 0.2) is 0 Å². The number of quaternary nitrogens is 1. The number of ether oxygens (including phenoxy) is 1. The molecule has 0 unspecified atom stereocenters. The van der Waals surface area contributed by atoms with Gasteiger partial charge in [-0.05, 0) is 0 Å². The molecular formula is C4H10NO+. The molecule has 2 heteroatoms. The van der Waals surface area contributed by atoms with E-state index >= 15 is 0 Å². The Morgan fingerprint density at radius 3 is 2.67 bits per heavy atom. The molecule has 0 aromatic rings. The van der Waals surface area contributed by atoms with Crippen LogP contribution in [0.2, 0.25) is 0 Å². The molecule has 1 fully saturated rings. The van der Waals surface area contributed by atoms with Gasteiger partial charge in [0.05, 0.1) is 13.2 Å². The highest BCUT2D eigenvalue weighted by atomic mass is 16.5. The van der Waals surface area contributed by atoms with Gasteiger partial charge in [-0.3, -0.25) is 0 Å². The maximum Gasteiger partial charge on any atom is 0.110 e. The molecule has 0 bridgehead atoms. The van der Waals surface area contributed by atoms with Crippen LogP contribution in [-0.4, -0.2) is 19.3 Å². The normalized spacial score (nSPS) is 34.5. The highest BCUT2D eigenvalue weighted by molar-refractivity contribution is 4.56. The van der Waals surface area contributed by atoms with E-state index in [1.807, 2.05) is 0 Å². The minimum atomic E-state index is 0.574. The molecule has 1 atom stereocenters. The molecule has 0 amide bonds. The fourth-order valence-corrected chi connectivity index (χ4v) is 0.583. The molecule has 2 nitrogen and oxygen atoms in total. The summed E-state index contributed by atoms with van der Waals surface area (Å²) in [5.41, 5.74) is 3.81. The van der Waals surface area contributed by atoms with Gasteiger partial charge in [0.2, 0.25) is 0 Å². The van der Waals surface area contributed by atoms with E-state index in [2.05, 4.69) is 5.73 Å². The smallest absolute Gasteiger partial charge is 0.110 e. The predicted molar refractivity (Wildman–Crippen MR) is 22.1 cm³/mol. The molecule has 1 rings (SSSR count). The molecule has 0 aromatic heterocycles. The lowest BCUT2D eigenvalue weighted by Gasteiger charge is -1.86. The SMILES string of the molecule is [NH3+][C@H]1CCOC1. The van der Waals surface area contributed by atoms with Crippen molar-refractivity contribution in [2.24, 2.45) is 0 Å². The Bertz CT molecular complexity index is 40.8. The fourth-order valence-electron chi connectivity index (χ4n) is 0.583. The Labute approximate surface area is 37.3 Å². The van der Waals surface area contributed by atoms with E-state index in [4.69, 9.17) is 4.74 Å². The van der Waals surface area contributed by atoms with Crippen molar-refractivity contribution in [2.75, 3.05) is 13.2 Å². The van der Waals surface area contributed by atoms with Gasteiger partial charge in [-0.25, -0.2) is 0 Å². The molecule has 1 aliphatic rings. The summed E-state index contributed by atoms with van der Waals surface area (Å²) < 4.78 is 4.99. The van der Waals surface area contributed by atoms with Crippen LogP contribution in [-0.2, 0) is 4.74 Å². The van der Waals surface area contributed by atoms with Crippen LogP contribution in [0.25, 0.3) is 0 Å². The van der Waals surface area contributed by atoms with Gasteiger partial charge in [0.15, 0.2) is 0 Å². The van der Waals surface area contributed by atoms with Crippen molar-refractivity contribution >= 4 is 0 Å². The highest BCUT2D eigenvalue weighted by Crippen LogP contribution is 1.96. The van der Waals surface area contributed by atoms with E-state index in [-0.39, 0.29) is 0 Å². The van der Waals surface area contributed by atoms with Gasteiger partial charge in [0.25, 0.3) is 0 Å². The van der Waals surface area contributed by atoms with Crippen molar-refractivity contribution in [3.63, 3.8) is 0 Å². The summed E-state index contributed by atoms with van der Waals surface area (Å²) in [7, 11) is 0. The lowest BCUT2D eigenvalue weighted by molar-refractivity contribution is -0.416. The molecule has 36 valence electrons. The Hall–Kier alpha value is -0.0800. The second-order valence-corrected chi connectivity index (χ2v) is 1.73. The summed E-state index contributed by atoms with van der Waals surface area (Å²) in [4.78, 5) is 0. The van der Waals surface area contributed by atoms with E-state index < -0.39 is 0 Å². The Balaban J connectivity index is 2.18. The van der Waals surface area contributed by atoms with Crippen LogP contribution in [0.5, 0.6) is 0 Å². The molecule has 0 aromatic carbocycles. The minimum absolute atomic E-state index is 0.574. The second kappa shape index (κ2) is 1.58. The lowest BCUT2D eigenvalue weighted by atomic mass is 10.3. The summed E-state index contributed by atoms with van der Waals surface area (Å²) in [6.07, 6.45) is 1.15. The van der Waals surface area contributed by atoms with Crippen LogP contribution in [0.3, 0.4) is 0 Å². The average molecular weight is 88.1 g/mol. The first-order valence-electron chi connectivity index (χ1n) is 2.30. The van der Waals surface area contributed by atoms with Gasteiger partial charge in [0.1, 0.15) is 6.04 Å². The molecule has 1 aliphatic heterocycles. The Morgan fingerprint density at radius 1 is 1.67 bits per heavy atom. The van der Waals surface area contributed by atoms with Crippen LogP contribution in [0, 0.1) is 0 Å². The summed E-state index contributed by atoms with van der Waals surface area (Å²) in [5, 5.41) is 0. The molecule has 3 N–H and O–H groups in total. The lowest BCUT2D eigenvalue weighted by Crippen LogP contribution is -2.61. The van der Waals surface area contributed by atoms with Gasteiger partial charge < -0.3 is 10.5 Å². The molecule has 0 radical (unpaired) electrons. The first kappa shape index (κ1) is 4.09. The summed E-state index contributed by atoms with van der Waals surface area (Å²) in [6.45, 7) is 1.80. The molecule has 0 aliphatic carbocycles. The molecule has 1 heterocycles. The molecule has 6 heavy (non-hydrogen) atoms. The number of hydrogen-bond donors (Lipinski definition) is 1. The van der Waals surface area contributed by atoms with Crippen molar-refractivity contribution in [1.29, 1.82) is 0 Å². The average Bonchev–Trinajstić information content (AvgIpc) is 1.86. The fraction of sp³-hybridized carbons (Fsp3) is 1.00. The largest absolute Gasteiger partial charge is 0.375 e. The highest BCUT2D eigenvalue weighted by Gasteiger charge is 2.11. The van der Waals surface area contributed by atoms with E-state index in [1.165, 1.54) is 0 Å². The van der Waals surface area contributed by atoms with Crippen LogP contribution in [0.1, 0.15) is 6.42 Å². The molecule has 1 saturated heterocycles. The zero-order valence-corrected chi connectivity index (χ0v) is 3.81. The topological polar surface area (TPSA) is 36.9 Å². The maximum absolute atomic E-state index is 4.99. The third-order valence-electron chi connectivity index (χ3n) is 1.02. The number of rotatable bonds is 0. The Kier molecular flexibility index (Phi) is 1.08. The van der Waals surface area contributed by atoms with Gasteiger partial charge in [-0.15, -0.1) is 0 Å². The maximum atomic E-state index is 4.99. The third kappa shape index (κ3) is 0.698. The summed E-state index contributed by atoms with van der Waals surface area (Å²) in [5.74, 6) is 0. The van der Waals surface area contributed by atoms with E-state index in [0.29, 0.717) is 6.04 Å². The Morgan fingerprint density at radius 2 is 2.50 bits per heavy atom. The third-order valence-corrected chi connectivity index (χ3v) is 1.02. The van der Waals surface area contributed by atoms with Crippen molar-refractivity contribution in [1.82, 2.24) is 0 Å². The quantitative estimate of drug-likeness (QED) is 0.406. The van der Waals surface area contributed by atoms with Gasteiger partial charge in [0, 0.05) is 6.42 Å². The number of hydrogen-bond acceptors (Lipinski definition) is 1. The summed E-state index contributed by atoms with van der Waals surface area (Å²) >= 11 is 0. The van der Waals surface area contributed by atoms with Crippen molar-refractivity contribution in [3.05, 3.63) is 0 Å². The van der Waals surface area contributed by atoms with Crippen LogP contribution >= 0.6 is 0 Å². The predicted octanol–water partition coefficient (Wildman–Crippen LogP) is -0.983. The van der Waals surface area contributed by atoms with Gasteiger partial charge in [-0.2, -0.15) is 0 Å². The van der Waals surface area contributed by atoms with Gasteiger partial charge in [-0.1, -0.05) is 0 Å². The van der Waals surface area contributed by atoms with Crippen LogP contribution < -0.4 is 5.73 Å². The van der Waals surface area contributed by atoms with Crippen LogP contribution in [0.4, 0.5) is 0 Å². The van der Waals surface area contributed by atoms with Crippen molar-refractivity contribution in [2.45, 2.75) is 12.5 Å². The zero-order chi connectivity index (χ0) is 4.41. The summed E-state index contributed by atoms with van der Waals surface area (Å²) in [6, 6.07) is 0.574. The van der Waals surface area contributed by atoms with Crippen molar-refractivity contribution < 1.29 is 10.5 Å².